The molecule has 1 aliphatic carbocycles. The van der Waals surface area contributed by atoms with Crippen LogP contribution in [0.25, 0.3) is 5.52 Å². The van der Waals surface area contributed by atoms with Gasteiger partial charge in [-0.1, -0.05) is 0 Å². The highest BCUT2D eigenvalue weighted by Crippen LogP contribution is 2.56. The topological polar surface area (TPSA) is 106 Å². The van der Waals surface area contributed by atoms with Crippen molar-refractivity contribution < 1.29 is 19.3 Å². The summed E-state index contributed by atoms with van der Waals surface area (Å²) in [5, 5.41) is 23.3. The van der Waals surface area contributed by atoms with Crippen LogP contribution in [-0.4, -0.2) is 48.8 Å². The molecule has 1 aliphatic heterocycles. The molecule has 3 heterocycles. The maximum atomic E-state index is 14.2. The minimum Gasteiger partial charge on any atom is -0.387 e. The molecule has 0 amide bonds. The van der Waals surface area contributed by atoms with Gasteiger partial charge in [-0.3, -0.25) is 0 Å². The minimum atomic E-state index is -1.80. The Kier molecular flexibility index (Phi) is 1.88. The minimum absolute atomic E-state index is 0.276. The summed E-state index contributed by atoms with van der Waals surface area (Å²) in [6, 6.07) is 3.28. The SMILES string of the molecule is Nc1ncnn2c([C@@H]3O[C@@H]4C(O)[C@]4(O)[C@H]3F)ccc12. The molecule has 2 fully saturated rings. The first-order valence-electron chi connectivity index (χ1n) is 5.83. The van der Waals surface area contributed by atoms with Gasteiger partial charge in [-0.15, -0.1) is 0 Å². The number of fused-ring (bicyclic) bond motifs is 2. The van der Waals surface area contributed by atoms with E-state index in [2.05, 4.69) is 10.1 Å². The molecule has 5 atom stereocenters. The van der Waals surface area contributed by atoms with Crippen LogP contribution in [0.4, 0.5) is 10.2 Å². The number of aromatic nitrogens is 3. The highest BCUT2D eigenvalue weighted by Gasteiger charge is 2.77. The quantitative estimate of drug-likeness (QED) is 0.623. The smallest absolute Gasteiger partial charge is 0.166 e. The van der Waals surface area contributed by atoms with Gasteiger partial charge in [-0.2, -0.15) is 5.10 Å². The zero-order valence-corrected chi connectivity index (χ0v) is 9.64. The van der Waals surface area contributed by atoms with Crippen LogP contribution in [0.2, 0.25) is 0 Å². The largest absolute Gasteiger partial charge is 0.387 e. The molecule has 0 radical (unpaired) electrons. The molecule has 7 nitrogen and oxygen atoms in total. The van der Waals surface area contributed by atoms with E-state index in [1.165, 1.54) is 10.8 Å². The molecule has 0 aromatic carbocycles. The lowest BCUT2D eigenvalue weighted by atomic mass is 10.1. The molecule has 1 saturated carbocycles. The zero-order chi connectivity index (χ0) is 13.4. The number of alkyl halides is 1. The summed E-state index contributed by atoms with van der Waals surface area (Å²) in [4.78, 5) is 3.84. The highest BCUT2D eigenvalue weighted by molar-refractivity contribution is 5.65. The summed E-state index contributed by atoms with van der Waals surface area (Å²) in [6.07, 6.45) is -3.46. The Morgan fingerprint density at radius 3 is 2.95 bits per heavy atom. The van der Waals surface area contributed by atoms with Crippen molar-refractivity contribution in [1.82, 2.24) is 14.6 Å². The van der Waals surface area contributed by atoms with Gasteiger partial charge in [0, 0.05) is 0 Å². The van der Waals surface area contributed by atoms with Crippen LogP contribution in [0, 0.1) is 0 Å². The Balaban J connectivity index is 1.79. The van der Waals surface area contributed by atoms with Gasteiger partial charge in [0.1, 0.15) is 30.2 Å². The van der Waals surface area contributed by atoms with Gasteiger partial charge in [0.2, 0.25) is 0 Å². The third-order valence-corrected chi connectivity index (χ3v) is 3.91. The van der Waals surface area contributed by atoms with E-state index in [0.717, 1.165) is 0 Å². The van der Waals surface area contributed by atoms with Crippen LogP contribution in [0.1, 0.15) is 11.8 Å². The standard InChI is InChI=1S/C11H11FN4O3/c12-7-6(19-9-8(17)11(7,9)18)4-1-2-5-10(13)14-3-15-16(4)5/h1-3,6-9,17-18H,(H2,13,14,15)/t6-,7-,8?,9+,11+/m0/s1. The van der Waals surface area contributed by atoms with E-state index in [1.807, 2.05) is 0 Å². The van der Waals surface area contributed by atoms with Gasteiger partial charge < -0.3 is 20.7 Å². The molecule has 19 heavy (non-hydrogen) atoms. The number of nitrogens with two attached hydrogens (primary N) is 1. The van der Waals surface area contributed by atoms with E-state index >= 15 is 0 Å². The first-order chi connectivity index (χ1) is 9.05. The van der Waals surface area contributed by atoms with Crippen LogP contribution >= 0.6 is 0 Å². The fourth-order valence-electron chi connectivity index (χ4n) is 2.73. The number of aliphatic hydroxyl groups excluding tert-OH is 1. The molecule has 2 aromatic rings. The first-order valence-corrected chi connectivity index (χ1v) is 5.83. The predicted molar refractivity (Wildman–Crippen MR) is 60.9 cm³/mol. The van der Waals surface area contributed by atoms with Gasteiger partial charge in [-0.05, 0) is 12.1 Å². The highest BCUT2D eigenvalue weighted by atomic mass is 19.1. The normalized spacial score (nSPS) is 40.6. The number of ether oxygens (including phenoxy) is 1. The average molecular weight is 266 g/mol. The molecule has 2 aromatic heterocycles. The number of rotatable bonds is 1. The van der Waals surface area contributed by atoms with E-state index in [-0.39, 0.29) is 5.82 Å². The van der Waals surface area contributed by atoms with Crippen molar-refractivity contribution in [1.29, 1.82) is 0 Å². The fraction of sp³-hybridized carbons (Fsp3) is 0.455. The van der Waals surface area contributed by atoms with Gasteiger partial charge in [-0.25, -0.2) is 13.9 Å². The number of hydrogen-bond donors (Lipinski definition) is 3. The van der Waals surface area contributed by atoms with Crippen molar-refractivity contribution in [3.8, 4) is 0 Å². The van der Waals surface area contributed by atoms with Crippen molar-refractivity contribution in [3.05, 3.63) is 24.2 Å². The Morgan fingerprint density at radius 1 is 1.47 bits per heavy atom. The van der Waals surface area contributed by atoms with Gasteiger partial charge in [0.15, 0.2) is 17.6 Å². The maximum absolute atomic E-state index is 14.2. The Labute approximate surface area is 106 Å². The summed E-state index contributed by atoms with van der Waals surface area (Å²) < 4.78 is 21.0. The molecule has 4 N–H and O–H groups in total. The van der Waals surface area contributed by atoms with Crippen molar-refractivity contribution in [2.45, 2.75) is 30.1 Å². The molecule has 8 heteroatoms. The summed E-state index contributed by atoms with van der Waals surface area (Å²) in [5.74, 6) is 0.276. The summed E-state index contributed by atoms with van der Waals surface area (Å²) in [5.41, 5.74) is 4.87. The second-order valence-corrected chi connectivity index (χ2v) is 4.91. The second-order valence-electron chi connectivity index (χ2n) is 4.91. The van der Waals surface area contributed by atoms with E-state index in [4.69, 9.17) is 10.5 Å². The van der Waals surface area contributed by atoms with Gasteiger partial charge in [0.05, 0.1) is 5.69 Å². The molecule has 0 spiro atoms. The van der Waals surface area contributed by atoms with E-state index in [0.29, 0.717) is 11.2 Å². The molecule has 100 valence electrons. The lowest BCUT2D eigenvalue weighted by Crippen LogP contribution is -2.31. The monoisotopic (exact) mass is 266 g/mol. The molecule has 0 bridgehead atoms. The average Bonchev–Trinajstić information content (AvgIpc) is 2.74. The van der Waals surface area contributed by atoms with Crippen LogP contribution in [-0.2, 0) is 4.74 Å². The third-order valence-electron chi connectivity index (χ3n) is 3.91. The fourth-order valence-corrected chi connectivity index (χ4v) is 2.73. The molecular weight excluding hydrogens is 255 g/mol. The number of nitrogen functional groups attached to an aromatic ring is 1. The summed E-state index contributed by atoms with van der Waals surface area (Å²) in [6.45, 7) is 0. The van der Waals surface area contributed by atoms with Crippen molar-refractivity contribution in [2.24, 2.45) is 0 Å². The molecular formula is C11H11FN4O3. The van der Waals surface area contributed by atoms with Crippen molar-refractivity contribution >= 4 is 11.3 Å². The van der Waals surface area contributed by atoms with Crippen LogP contribution in [0.5, 0.6) is 0 Å². The van der Waals surface area contributed by atoms with Crippen molar-refractivity contribution in [2.75, 3.05) is 5.73 Å². The summed E-state index contributed by atoms with van der Waals surface area (Å²) in [7, 11) is 0. The van der Waals surface area contributed by atoms with Crippen LogP contribution < -0.4 is 5.73 Å². The molecule has 2 aliphatic rings. The number of hydrogen-bond acceptors (Lipinski definition) is 6. The van der Waals surface area contributed by atoms with E-state index in [1.54, 1.807) is 12.1 Å². The van der Waals surface area contributed by atoms with Gasteiger partial charge in [0.25, 0.3) is 0 Å². The number of anilines is 1. The number of aliphatic hydroxyl groups is 2. The number of halogens is 1. The van der Waals surface area contributed by atoms with Crippen LogP contribution in [0.3, 0.4) is 0 Å². The lowest BCUT2D eigenvalue weighted by Gasteiger charge is -2.18. The molecule has 1 saturated heterocycles. The molecule has 4 rings (SSSR count). The first kappa shape index (κ1) is 11.1. The third kappa shape index (κ3) is 1.16. The zero-order valence-electron chi connectivity index (χ0n) is 9.64. The van der Waals surface area contributed by atoms with E-state index < -0.39 is 30.1 Å². The predicted octanol–water partition coefficient (Wildman–Crippen LogP) is -0.805. The maximum Gasteiger partial charge on any atom is 0.166 e. The van der Waals surface area contributed by atoms with Crippen LogP contribution in [0.15, 0.2) is 18.5 Å². The second kappa shape index (κ2) is 3.21. The van der Waals surface area contributed by atoms with Gasteiger partial charge >= 0.3 is 0 Å². The Bertz CT molecular complexity index is 677. The van der Waals surface area contributed by atoms with E-state index in [9.17, 15) is 14.6 Å². The molecule has 1 unspecified atom stereocenters. The summed E-state index contributed by atoms with van der Waals surface area (Å²) >= 11 is 0. The number of nitrogens with zero attached hydrogens (tertiary/aromatic N) is 3. The Hall–Kier alpha value is -1.77. The lowest BCUT2D eigenvalue weighted by molar-refractivity contribution is -0.0319. The Morgan fingerprint density at radius 2 is 2.26 bits per heavy atom. The van der Waals surface area contributed by atoms with Crippen molar-refractivity contribution in [3.63, 3.8) is 0 Å².